The van der Waals surface area contributed by atoms with Crippen molar-refractivity contribution in [3.8, 4) is 5.75 Å². The number of hydrogen-bond acceptors (Lipinski definition) is 5. The van der Waals surface area contributed by atoms with E-state index in [1.54, 1.807) is 12.1 Å². The molecule has 0 aliphatic carbocycles. The Bertz CT molecular complexity index is 606. The van der Waals surface area contributed by atoms with Crippen molar-refractivity contribution in [2.75, 3.05) is 5.32 Å². The van der Waals surface area contributed by atoms with E-state index in [-0.39, 0.29) is 5.97 Å². The molecule has 2 rings (SSSR count). The molecule has 1 aliphatic rings. The van der Waals surface area contributed by atoms with Crippen molar-refractivity contribution in [1.29, 1.82) is 0 Å². The van der Waals surface area contributed by atoms with E-state index in [1.165, 1.54) is 0 Å². The Labute approximate surface area is 142 Å². The fourth-order valence-electron chi connectivity index (χ4n) is 2.36. The second-order valence-corrected chi connectivity index (χ2v) is 6.78. The van der Waals surface area contributed by atoms with Gasteiger partial charge in [0.05, 0.1) is 0 Å². The molecule has 6 nitrogen and oxygen atoms in total. The molecule has 1 atom stereocenters. The Morgan fingerprint density at radius 3 is 2.75 bits per heavy atom. The van der Waals surface area contributed by atoms with Gasteiger partial charge in [0.1, 0.15) is 11.4 Å². The van der Waals surface area contributed by atoms with Gasteiger partial charge in [-0.15, -0.1) is 0 Å². The third-order valence-electron chi connectivity index (χ3n) is 3.33. The molecule has 0 spiro atoms. The second kappa shape index (κ2) is 7.55. The van der Waals surface area contributed by atoms with Gasteiger partial charge in [0.2, 0.25) is 6.29 Å². The zero-order valence-corrected chi connectivity index (χ0v) is 14.7. The first-order valence-corrected chi connectivity index (χ1v) is 8.26. The van der Waals surface area contributed by atoms with Crippen molar-refractivity contribution in [2.24, 2.45) is 0 Å². The fourth-order valence-corrected chi connectivity index (χ4v) is 2.36. The SMILES string of the molecule is CCCC(=O)OC1CCc2cc(NC(=O)OC(C)(C)C)ccc2O1. The minimum absolute atomic E-state index is 0.242. The summed E-state index contributed by atoms with van der Waals surface area (Å²) in [5.41, 5.74) is 1.07. The molecule has 0 fully saturated rings. The summed E-state index contributed by atoms with van der Waals surface area (Å²) >= 11 is 0. The van der Waals surface area contributed by atoms with Crippen LogP contribution in [0.5, 0.6) is 5.75 Å². The summed E-state index contributed by atoms with van der Waals surface area (Å²) in [5, 5.41) is 2.71. The lowest BCUT2D eigenvalue weighted by Gasteiger charge is -2.26. The first-order valence-electron chi connectivity index (χ1n) is 8.26. The lowest BCUT2D eigenvalue weighted by Crippen LogP contribution is -2.29. The number of benzene rings is 1. The summed E-state index contributed by atoms with van der Waals surface area (Å²) in [5.74, 6) is 0.430. The highest BCUT2D eigenvalue weighted by Crippen LogP contribution is 2.30. The number of aryl methyl sites for hydroxylation is 1. The topological polar surface area (TPSA) is 73.9 Å². The Kier molecular flexibility index (Phi) is 5.70. The van der Waals surface area contributed by atoms with Crippen LogP contribution in [-0.4, -0.2) is 24.0 Å². The molecule has 1 N–H and O–H groups in total. The molecule has 1 aromatic rings. The number of rotatable bonds is 4. The number of nitrogens with one attached hydrogen (secondary N) is 1. The molecule has 0 saturated carbocycles. The van der Waals surface area contributed by atoms with E-state index in [0.717, 1.165) is 12.0 Å². The van der Waals surface area contributed by atoms with E-state index >= 15 is 0 Å². The van der Waals surface area contributed by atoms with Gasteiger partial charge in [0.25, 0.3) is 0 Å². The van der Waals surface area contributed by atoms with Crippen LogP contribution in [0.25, 0.3) is 0 Å². The van der Waals surface area contributed by atoms with Crippen molar-refractivity contribution < 1.29 is 23.8 Å². The third-order valence-corrected chi connectivity index (χ3v) is 3.33. The van der Waals surface area contributed by atoms with E-state index in [2.05, 4.69) is 5.32 Å². The molecule has 24 heavy (non-hydrogen) atoms. The molecule has 1 aromatic carbocycles. The van der Waals surface area contributed by atoms with Crippen molar-refractivity contribution in [3.63, 3.8) is 0 Å². The number of carbonyl (C=O) groups excluding carboxylic acids is 2. The monoisotopic (exact) mass is 335 g/mol. The number of fused-ring (bicyclic) bond motifs is 1. The van der Waals surface area contributed by atoms with E-state index in [4.69, 9.17) is 14.2 Å². The quantitative estimate of drug-likeness (QED) is 0.841. The summed E-state index contributed by atoms with van der Waals surface area (Å²) in [4.78, 5) is 23.4. The van der Waals surface area contributed by atoms with Crippen LogP contribution in [0.2, 0.25) is 0 Å². The summed E-state index contributed by atoms with van der Waals surface area (Å²) in [6.07, 6.45) is 1.42. The molecule has 6 heteroatoms. The fraction of sp³-hybridized carbons (Fsp3) is 0.556. The molecule has 132 valence electrons. The van der Waals surface area contributed by atoms with Crippen LogP contribution >= 0.6 is 0 Å². The Hall–Kier alpha value is -2.24. The molecule has 1 unspecified atom stereocenters. The molecule has 0 radical (unpaired) electrons. The van der Waals surface area contributed by atoms with E-state index in [0.29, 0.717) is 30.7 Å². The molecule has 0 bridgehead atoms. The smallest absolute Gasteiger partial charge is 0.412 e. The number of carbonyl (C=O) groups is 2. The lowest BCUT2D eigenvalue weighted by atomic mass is 10.0. The van der Waals surface area contributed by atoms with E-state index < -0.39 is 18.0 Å². The minimum atomic E-state index is -0.545. The average molecular weight is 335 g/mol. The van der Waals surface area contributed by atoms with Crippen LogP contribution in [0.15, 0.2) is 18.2 Å². The van der Waals surface area contributed by atoms with Gasteiger partial charge in [-0.05, 0) is 57.4 Å². The first-order chi connectivity index (χ1) is 11.3. The number of anilines is 1. The van der Waals surface area contributed by atoms with Gasteiger partial charge in [-0.25, -0.2) is 4.79 Å². The van der Waals surface area contributed by atoms with Gasteiger partial charge in [0.15, 0.2) is 0 Å². The van der Waals surface area contributed by atoms with Crippen LogP contribution in [0.4, 0.5) is 10.5 Å². The van der Waals surface area contributed by atoms with Crippen molar-refractivity contribution in [1.82, 2.24) is 0 Å². The Morgan fingerprint density at radius 2 is 2.08 bits per heavy atom. The summed E-state index contributed by atoms with van der Waals surface area (Å²) < 4.78 is 16.2. The van der Waals surface area contributed by atoms with E-state index in [9.17, 15) is 9.59 Å². The Balaban J connectivity index is 1.96. The van der Waals surface area contributed by atoms with Gasteiger partial charge in [-0.3, -0.25) is 10.1 Å². The average Bonchev–Trinajstić information content (AvgIpc) is 2.45. The highest BCUT2D eigenvalue weighted by atomic mass is 16.7. The predicted octanol–water partition coefficient (Wildman–Crippen LogP) is 4.03. The summed E-state index contributed by atoms with van der Waals surface area (Å²) in [6.45, 7) is 7.37. The van der Waals surface area contributed by atoms with Gasteiger partial charge in [-0.2, -0.15) is 0 Å². The predicted molar refractivity (Wildman–Crippen MR) is 90.0 cm³/mol. The van der Waals surface area contributed by atoms with Crippen LogP contribution in [-0.2, 0) is 20.7 Å². The van der Waals surface area contributed by atoms with Gasteiger partial charge >= 0.3 is 12.1 Å². The van der Waals surface area contributed by atoms with Crippen LogP contribution in [0, 0.1) is 0 Å². The number of amides is 1. The molecule has 0 aromatic heterocycles. The maximum absolute atomic E-state index is 11.8. The standard InChI is InChI=1S/C18H25NO5/c1-5-6-15(20)23-16-10-7-12-11-13(8-9-14(12)22-16)19-17(21)24-18(2,3)4/h8-9,11,16H,5-7,10H2,1-4H3,(H,19,21). The van der Waals surface area contributed by atoms with Crippen LogP contribution in [0.3, 0.4) is 0 Å². The van der Waals surface area contributed by atoms with Gasteiger partial charge in [-0.1, -0.05) is 6.92 Å². The first kappa shape index (κ1) is 18.1. The normalized spacial score (nSPS) is 16.6. The zero-order chi connectivity index (χ0) is 17.7. The molecule has 1 amide bonds. The van der Waals surface area contributed by atoms with E-state index in [1.807, 2.05) is 33.8 Å². The second-order valence-electron chi connectivity index (χ2n) is 6.78. The van der Waals surface area contributed by atoms with Gasteiger partial charge < -0.3 is 14.2 Å². The van der Waals surface area contributed by atoms with Crippen molar-refractivity contribution in [3.05, 3.63) is 23.8 Å². The number of esters is 1. The summed E-state index contributed by atoms with van der Waals surface area (Å²) in [7, 11) is 0. The summed E-state index contributed by atoms with van der Waals surface area (Å²) in [6, 6.07) is 5.35. The van der Waals surface area contributed by atoms with Crippen molar-refractivity contribution >= 4 is 17.7 Å². The molecular weight excluding hydrogens is 310 g/mol. The van der Waals surface area contributed by atoms with Crippen LogP contribution in [0.1, 0.15) is 52.5 Å². The van der Waals surface area contributed by atoms with Crippen LogP contribution < -0.4 is 10.1 Å². The van der Waals surface area contributed by atoms with Gasteiger partial charge in [0, 0.05) is 18.5 Å². The lowest BCUT2D eigenvalue weighted by molar-refractivity contribution is -0.165. The maximum atomic E-state index is 11.8. The molecular formula is C18H25NO5. The third kappa shape index (κ3) is 5.44. The molecule has 1 heterocycles. The highest BCUT2D eigenvalue weighted by molar-refractivity contribution is 5.85. The highest BCUT2D eigenvalue weighted by Gasteiger charge is 2.23. The number of ether oxygens (including phenoxy) is 3. The number of hydrogen-bond donors (Lipinski definition) is 1. The molecule has 0 saturated heterocycles. The zero-order valence-electron chi connectivity index (χ0n) is 14.7. The largest absolute Gasteiger partial charge is 0.454 e. The Morgan fingerprint density at radius 1 is 1.33 bits per heavy atom. The molecule has 1 aliphatic heterocycles. The van der Waals surface area contributed by atoms with Crippen molar-refractivity contribution in [2.45, 2.75) is 65.3 Å². The minimum Gasteiger partial charge on any atom is -0.454 e. The maximum Gasteiger partial charge on any atom is 0.412 e.